The van der Waals surface area contributed by atoms with E-state index in [1.807, 2.05) is 12.1 Å². The molecule has 2 heterocycles. The smallest absolute Gasteiger partial charge is 0.256 e. The largest absolute Gasteiger partial charge is 0.350 e. The number of nitrogens with one attached hydrogen (secondary N) is 1. The minimum Gasteiger partial charge on any atom is -0.350 e. The second-order valence-corrected chi connectivity index (χ2v) is 6.30. The molecule has 7 heteroatoms. The van der Waals surface area contributed by atoms with Gasteiger partial charge in [-0.3, -0.25) is 4.79 Å². The number of benzene rings is 2. The Morgan fingerprint density at radius 3 is 2.52 bits per heavy atom. The average Bonchev–Trinajstić information content (AvgIpc) is 2.70. The van der Waals surface area contributed by atoms with Gasteiger partial charge in [0.25, 0.3) is 5.91 Å². The molecule has 136 valence electrons. The van der Waals surface area contributed by atoms with Crippen molar-refractivity contribution < 1.29 is 13.6 Å². The number of hydrogen-bond donors (Lipinski definition) is 1. The second-order valence-electron chi connectivity index (χ2n) is 6.30. The van der Waals surface area contributed by atoms with Gasteiger partial charge in [0.1, 0.15) is 0 Å². The standard InChI is InChI=1S/C20H16F2N4O/c21-16-6-5-14(11-17(16)22)20(27)23-18-7-8-19(25-24-18)26-10-9-13-3-1-2-4-15(13)12-26/h1-8,11H,9-10,12H2,(H,23,24,27). The minimum atomic E-state index is -1.07. The van der Waals surface area contributed by atoms with Gasteiger partial charge in [-0.25, -0.2) is 8.78 Å². The molecule has 0 bridgehead atoms. The van der Waals surface area contributed by atoms with Crippen LogP contribution in [0.15, 0.2) is 54.6 Å². The zero-order chi connectivity index (χ0) is 18.8. The van der Waals surface area contributed by atoms with Gasteiger partial charge in [0, 0.05) is 18.7 Å². The first kappa shape index (κ1) is 17.1. The normalized spacial score (nSPS) is 13.2. The van der Waals surface area contributed by atoms with Crippen LogP contribution in [0.3, 0.4) is 0 Å². The summed E-state index contributed by atoms with van der Waals surface area (Å²) in [5, 5.41) is 10.7. The number of halogens is 2. The number of carbonyl (C=O) groups excluding carboxylic acids is 1. The third kappa shape index (κ3) is 3.62. The first-order valence-electron chi connectivity index (χ1n) is 8.52. The van der Waals surface area contributed by atoms with E-state index in [0.29, 0.717) is 0 Å². The van der Waals surface area contributed by atoms with Crippen LogP contribution in [0.4, 0.5) is 20.4 Å². The molecule has 0 fully saturated rings. The number of hydrogen-bond acceptors (Lipinski definition) is 4. The monoisotopic (exact) mass is 366 g/mol. The van der Waals surface area contributed by atoms with Crippen LogP contribution in [0.5, 0.6) is 0 Å². The number of anilines is 2. The van der Waals surface area contributed by atoms with E-state index in [1.165, 1.54) is 17.2 Å². The van der Waals surface area contributed by atoms with E-state index < -0.39 is 17.5 Å². The highest BCUT2D eigenvalue weighted by Gasteiger charge is 2.17. The van der Waals surface area contributed by atoms with Crippen molar-refractivity contribution in [1.29, 1.82) is 0 Å². The molecule has 2 aromatic carbocycles. The number of nitrogens with zero attached hydrogens (tertiary/aromatic N) is 3. The van der Waals surface area contributed by atoms with E-state index in [0.717, 1.165) is 37.5 Å². The lowest BCUT2D eigenvalue weighted by Crippen LogP contribution is -2.31. The Morgan fingerprint density at radius 1 is 0.963 bits per heavy atom. The molecule has 3 aromatic rings. The Morgan fingerprint density at radius 2 is 1.78 bits per heavy atom. The summed E-state index contributed by atoms with van der Waals surface area (Å²) in [5.41, 5.74) is 2.62. The topological polar surface area (TPSA) is 58.1 Å². The maximum absolute atomic E-state index is 13.3. The minimum absolute atomic E-state index is 0.00686. The quantitative estimate of drug-likeness (QED) is 0.770. The fraction of sp³-hybridized carbons (Fsp3) is 0.150. The Labute approximate surface area is 154 Å². The number of rotatable bonds is 3. The highest BCUT2D eigenvalue weighted by atomic mass is 19.2. The molecular weight excluding hydrogens is 350 g/mol. The molecule has 0 saturated carbocycles. The Kier molecular flexibility index (Phi) is 4.50. The van der Waals surface area contributed by atoms with Gasteiger partial charge >= 0.3 is 0 Å². The molecule has 1 aliphatic heterocycles. The summed E-state index contributed by atoms with van der Waals surface area (Å²) in [6.45, 7) is 1.59. The summed E-state index contributed by atoms with van der Waals surface area (Å²) < 4.78 is 26.2. The van der Waals surface area contributed by atoms with E-state index in [9.17, 15) is 13.6 Å². The van der Waals surface area contributed by atoms with Crippen LogP contribution in [0.25, 0.3) is 0 Å². The maximum atomic E-state index is 13.3. The van der Waals surface area contributed by atoms with Crippen molar-refractivity contribution in [3.8, 4) is 0 Å². The lowest BCUT2D eigenvalue weighted by atomic mass is 10.00. The van der Waals surface area contributed by atoms with E-state index in [4.69, 9.17) is 0 Å². The number of fused-ring (bicyclic) bond motifs is 1. The molecule has 4 rings (SSSR count). The molecule has 1 aliphatic rings. The Balaban J connectivity index is 1.45. The Bertz CT molecular complexity index is 992. The summed E-state index contributed by atoms with van der Waals surface area (Å²) in [7, 11) is 0. The highest BCUT2D eigenvalue weighted by molar-refractivity contribution is 6.03. The molecule has 0 spiro atoms. The van der Waals surface area contributed by atoms with Crippen LogP contribution in [-0.4, -0.2) is 22.6 Å². The molecule has 0 saturated heterocycles. The molecule has 27 heavy (non-hydrogen) atoms. The fourth-order valence-corrected chi connectivity index (χ4v) is 3.08. The Hall–Kier alpha value is -3.35. The van der Waals surface area contributed by atoms with Gasteiger partial charge in [-0.2, -0.15) is 0 Å². The first-order valence-corrected chi connectivity index (χ1v) is 8.52. The summed E-state index contributed by atoms with van der Waals surface area (Å²) >= 11 is 0. The first-order chi connectivity index (χ1) is 13.1. The van der Waals surface area contributed by atoms with Crippen LogP contribution in [-0.2, 0) is 13.0 Å². The summed E-state index contributed by atoms with van der Waals surface area (Å²) in [6, 6.07) is 14.7. The molecule has 5 nitrogen and oxygen atoms in total. The zero-order valence-corrected chi connectivity index (χ0v) is 14.3. The van der Waals surface area contributed by atoms with E-state index in [1.54, 1.807) is 12.1 Å². The van der Waals surface area contributed by atoms with E-state index in [-0.39, 0.29) is 11.4 Å². The molecule has 0 atom stereocenters. The van der Waals surface area contributed by atoms with Crippen molar-refractivity contribution in [2.75, 3.05) is 16.8 Å². The lowest BCUT2D eigenvalue weighted by molar-refractivity contribution is 0.102. The summed E-state index contributed by atoms with van der Waals surface area (Å²) in [5.74, 6) is -1.70. The lowest BCUT2D eigenvalue weighted by Gasteiger charge is -2.29. The van der Waals surface area contributed by atoms with E-state index >= 15 is 0 Å². The molecule has 0 unspecified atom stereocenters. The van der Waals surface area contributed by atoms with Crippen LogP contribution >= 0.6 is 0 Å². The number of carbonyl (C=O) groups is 1. The molecule has 1 amide bonds. The third-order valence-electron chi connectivity index (χ3n) is 4.53. The molecular formula is C20H16F2N4O. The predicted molar refractivity (Wildman–Crippen MR) is 97.5 cm³/mol. The van der Waals surface area contributed by atoms with Gasteiger partial charge in [-0.1, -0.05) is 24.3 Å². The summed E-state index contributed by atoms with van der Waals surface area (Å²) in [6.07, 6.45) is 0.937. The third-order valence-corrected chi connectivity index (χ3v) is 4.53. The van der Waals surface area contributed by atoms with Crippen LogP contribution in [0, 0.1) is 11.6 Å². The number of aromatic nitrogens is 2. The van der Waals surface area contributed by atoms with Crippen molar-refractivity contribution in [2.24, 2.45) is 0 Å². The van der Waals surface area contributed by atoms with Crippen LogP contribution < -0.4 is 10.2 Å². The van der Waals surface area contributed by atoms with Gasteiger partial charge in [0.05, 0.1) is 0 Å². The van der Waals surface area contributed by atoms with Gasteiger partial charge in [-0.05, 0) is 47.9 Å². The zero-order valence-electron chi connectivity index (χ0n) is 14.3. The van der Waals surface area contributed by atoms with Gasteiger partial charge in [0.2, 0.25) is 0 Å². The van der Waals surface area contributed by atoms with E-state index in [2.05, 4.69) is 32.5 Å². The number of amides is 1. The van der Waals surface area contributed by atoms with Crippen molar-refractivity contribution in [2.45, 2.75) is 13.0 Å². The molecule has 0 aliphatic carbocycles. The molecule has 1 aromatic heterocycles. The van der Waals surface area contributed by atoms with Crippen LogP contribution in [0.2, 0.25) is 0 Å². The fourth-order valence-electron chi connectivity index (χ4n) is 3.08. The maximum Gasteiger partial charge on any atom is 0.256 e. The molecule has 0 radical (unpaired) electrons. The highest BCUT2D eigenvalue weighted by Crippen LogP contribution is 2.23. The second kappa shape index (κ2) is 7.11. The SMILES string of the molecule is O=C(Nc1ccc(N2CCc3ccccc3C2)nn1)c1ccc(F)c(F)c1. The van der Waals surface area contributed by atoms with Crippen molar-refractivity contribution in [1.82, 2.24) is 10.2 Å². The van der Waals surface area contributed by atoms with Gasteiger partial charge in [0.15, 0.2) is 23.3 Å². The predicted octanol–water partition coefficient (Wildman–Crippen LogP) is 3.57. The molecule has 1 N–H and O–H groups in total. The van der Waals surface area contributed by atoms with Crippen molar-refractivity contribution in [3.05, 3.63) is 82.9 Å². The van der Waals surface area contributed by atoms with Crippen molar-refractivity contribution in [3.63, 3.8) is 0 Å². The average molecular weight is 366 g/mol. The van der Waals surface area contributed by atoms with Crippen molar-refractivity contribution >= 4 is 17.5 Å². The van der Waals surface area contributed by atoms with Gasteiger partial charge < -0.3 is 10.2 Å². The van der Waals surface area contributed by atoms with Crippen LogP contribution in [0.1, 0.15) is 21.5 Å². The summed E-state index contributed by atoms with van der Waals surface area (Å²) in [4.78, 5) is 14.2. The van der Waals surface area contributed by atoms with Gasteiger partial charge in [-0.15, -0.1) is 10.2 Å².